The molecule has 1 aliphatic rings. The summed E-state index contributed by atoms with van der Waals surface area (Å²) in [5.74, 6) is -0.105. The van der Waals surface area contributed by atoms with Gasteiger partial charge < -0.3 is 9.47 Å². The van der Waals surface area contributed by atoms with Gasteiger partial charge in [-0.1, -0.05) is 60.7 Å². The molecule has 0 radical (unpaired) electrons. The number of methoxy groups -OCH3 is 1. The van der Waals surface area contributed by atoms with Gasteiger partial charge in [0.15, 0.2) is 4.80 Å². The van der Waals surface area contributed by atoms with Crippen molar-refractivity contribution in [3.63, 3.8) is 0 Å². The number of hydrogen-bond donors (Lipinski definition) is 0. The van der Waals surface area contributed by atoms with Crippen LogP contribution >= 0.6 is 56.5 Å². The Balaban J connectivity index is 1.57. The monoisotopic (exact) mass is 780 g/mol. The quantitative estimate of drug-likeness (QED) is 0.178. The van der Waals surface area contributed by atoms with E-state index < -0.39 is 12.0 Å². The summed E-state index contributed by atoms with van der Waals surface area (Å²) < 4.78 is 28.5. The van der Waals surface area contributed by atoms with Gasteiger partial charge in [0.2, 0.25) is 0 Å². The Morgan fingerprint density at radius 2 is 1.82 bits per heavy atom. The van der Waals surface area contributed by atoms with Crippen molar-refractivity contribution in [1.29, 1.82) is 0 Å². The van der Waals surface area contributed by atoms with Crippen LogP contribution in [-0.4, -0.2) is 17.6 Å². The van der Waals surface area contributed by atoms with Gasteiger partial charge in [0.1, 0.15) is 18.2 Å². The van der Waals surface area contributed by atoms with Crippen molar-refractivity contribution >= 4 is 68.6 Å². The first-order valence-corrected chi connectivity index (χ1v) is 15.3. The van der Waals surface area contributed by atoms with Gasteiger partial charge in [-0.2, -0.15) is 0 Å². The lowest BCUT2D eigenvalue weighted by Gasteiger charge is -2.25. The van der Waals surface area contributed by atoms with Gasteiger partial charge in [-0.05, 0) is 98.6 Å². The maximum absolute atomic E-state index is 13.8. The second kappa shape index (κ2) is 12.4. The third kappa shape index (κ3) is 5.79. The molecule has 6 nitrogen and oxygen atoms in total. The molecule has 0 amide bonds. The predicted molar refractivity (Wildman–Crippen MR) is 169 cm³/mol. The Kier molecular flexibility index (Phi) is 8.86. The highest BCUT2D eigenvalue weighted by Crippen LogP contribution is 2.32. The molecule has 204 valence electrons. The number of allylic oxidation sites excluding steroid dienone is 1. The van der Waals surface area contributed by atoms with E-state index in [2.05, 4.69) is 45.2 Å². The SMILES string of the molecule is CCC1=C(C(=O)OC)[C@H](c2ccccc2)n2c(s/c(=C\c3cc(I)c(OCc4cccc(F)c4)c(I)c3)c2=O)=N1. The number of rotatable bonds is 7. The van der Waals surface area contributed by atoms with Crippen molar-refractivity contribution in [3.05, 3.63) is 127 Å². The van der Waals surface area contributed by atoms with Gasteiger partial charge in [-0.3, -0.25) is 9.36 Å². The summed E-state index contributed by atoms with van der Waals surface area (Å²) in [7, 11) is 1.34. The van der Waals surface area contributed by atoms with Crippen LogP contribution < -0.4 is 19.6 Å². The number of thiazole rings is 1. The highest BCUT2D eigenvalue weighted by atomic mass is 127. The van der Waals surface area contributed by atoms with E-state index in [4.69, 9.17) is 14.5 Å². The summed E-state index contributed by atoms with van der Waals surface area (Å²) in [6.45, 7) is 2.17. The molecule has 5 rings (SSSR count). The molecule has 3 aromatic carbocycles. The number of hydrogen-bond acceptors (Lipinski definition) is 6. The van der Waals surface area contributed by atoms with Crippen LogP contribution in [0.2, 0.25) is 0 Å². The van der Waals surface area contributed by atoms with Crippen LogP contribution in [0.3, 0.4) is 0 Å². The zero-order valence-electron chi connectivity index (χ0n) is 21.5. The predicted octanol–water partition coefficient (Wildman–Crippen LogP) is 5.73. The molecule has 0 spiro atoms. The molecule has 2 heterocycles. The van der Waals surface area contributed by atoms with Gasteiger partial charge in [-0.25, -0.2) is 14.2 Å². The Hall–Kier alpha value is -2.84. The number of aromatic nitrogens is 1. The van der Waals surface area contributed by atoms with Crippen LogP contribution in [0.1, 0.15) is 36.1 Å². The Morgan fingerprint density at radius 1 is 1.10 bits per heavy atom. The number of ether oxygens (including phenoxy) is 2. The van der Waals surface area contributed by atoms with E-state index in [0.29, 0.717) is 32.8 Å². The van der Waals surface area contributed by atoms with Gasteiger partial charge in [0, 0.05) is 0 Å². The van der Waals surface area contributed by atoms with Crippen molar-refractivity contribution in [2.45, 2.75) is 26.0 Å². The summed E-state index contributed by atoms with van der Waals surface area (Å²) in [6.07, 6.45) is 2.35. The molecular weight excluding hydrogens is 757 g/mol. The van der Waals surface area contributed by atoms with E-state index in [9.17, 15) is 14.0 Å². The highest BCUT2D eigenvalue weighted by Gasteiger charge is 2.33. The Bertz CT molecular complexity index is 1790. The summed E-state index contributed by atoms with van der Waals surface area (Å²) in [5.41, 5.74) is 3.13. The van der Waals surface area contributed by atoms with Gasteiger partial charge in [-0.15, -0.1) is 0 Å². The standard InChI is InChI=1S/C30H23FI2N2O4S/c1-3-23-25(29(37)38-2)26(19-9-5-4-6-10-19)35-28(36)24(40-30(35)34-23)15-18-13-21(32)27(22(33)14-18)39-16-17-8-7-11-20(31)12-17/h4-15,26H,3,16H2,1-2H3/b24-15-/t26-/m0/s1. The molecule has 0 saturated carbocycles. The summed E-state index contributed by atoms with van der Waals surface area (Å²) in [5, 5.41) is 0. The smallest absolute Gasteiger partial charge is 0.338 e. The average molecular weight is 780 g/mol. The van der Waals surface area contributed by atoms with Gasteiger partial charge in [0.05, 0.1) is 36.1 Å². The minimum Gasteiger partial charge on any atom is -0.487 e. The topological polar surface area (TPSA) is 69.9 Å². The van der Waals surface area contributed by atoms with E-state index in [1.807, 2.05) is 61.5 Å². The van der Waals surface area contributed by atoms with Crippen molar-refractivity contribution in [2.75, 3.05) is 7.11 Å². The van der Waals surface area contributed by atoms with Gasteiger partial charge in [0.25, 0.3) is 5.56 Å². The van der Waals surface area contributed by atoms with Crippen LogP contribution in [0.25, 0.3) is 6.08 Å². The lowest BCUT2D eigenvalue weighted by atomic mass is 9.95. The van der Waals surface area contributed by atoms with E-state index in [1.165, 1.54) is 30.6 Å². The zero-order chi connectivity index (χ0) is 28.4. The Labute approximate surface area is 261 Å². The van der Waals surface area contributed by atoms with E-state index in [0.717, 1.165) is 23.8 Å². The summed E-state index contributed by atoms with van der Waals surface area (Å²) in [6, 6.07) is 19.0. The van der Waals surface area contributed by atoms with Crippen LogP contribution in [0.15, 0.2) is 87.8 Å². The first-order chi connectivity index (χ1) is 19.3. The highest BCUT2D eigenvalue weighted by molar-refractivity contribution is 14.1. The number of carbonyl (C=O) groups excluding carboxylic acids is 1. The maximum Gasteiger partial charge on any atom is 0.338 e. The molecule has 4 aromatic rings. The molecule has 0 N–H and O–H groups in total. The molecule has 1 atom stereocenters. The summed E-state index contributed by atoms with van der Waals surface area (Å²) in [4.78, 5) is 32.0. The molecule has 40 heavy (non-hydrogen) atoms. The number of carbonyl (C=O) groups is 1. The number of esters is 1. The first-order valence-electron chi connectivity index (χ1n) is 12.3. The molecule has 1 aliphatic heterocycles. The number of benzene rings is 3. The number of nitrogens with zero attached hydrogens (tertiary/aromatic N) is 2. The molecule has 1 aromatic heterocycles. The van der Waals surface area contributed by atoms with E-state index in [-0.39, 0.29) is 18.0 Å². The van der Waals surface area contributed by atoms with Crippen molar-refractivity contribution in [3.8, 4) is 5.75 Å². The molecule has 0 aliphatic carbocycles. The van der Waals surface area contributed by atoms with E-state index >= 15 is 0 Å². The van der Waals surface area contributed by atoms with Crippen molar-refractivity contribution in [2.24, 2.45) is 4.99 Å². The zero-order valence-corrected chi connectivity index (χ0v) is 26.6. The molecule has 10 heteroatoms. The lowest BCUT2D eigenvalue weighted by Crippen LogP contribution is -2.40. The molecule has 0 bridgehead atoms. The molecule has 0 saturated heterocycles. The van der Waals surface area contributed by atoms with Crippen molar-refractivity contribution in [1.82, 2.24) is 4.57 Å². The van der Waals surface area contributed by atoms with E-state index in [1.54, 1.807) is 10.6 Å². The second-order valence-electron chi connectivity index (χ2n) is 8.93. The third-order valence-corrected chi connectivity index (χ3v) is 8.94. The first kappa shape index (κ1) is 28.7. The average Bonchev–Trinajstić information content (AvgIpc) is 3.25. The van der Waals surface area contributed by atoms with Crippen molar-refractivity contribution < 1.29 is 18.7 Å². The van der Waals surface area contributed by atoms with Crippen LogP contribution in [0.5, 0.6) is 5.75 Å². The Morgan fingerprint density at radius 3 is 2.48 bits per heavy atom. The molecule has 0 unspecified atom stereocenters. The molecule has 0 fully saturated rings. The molecular formula is C30H23FI2N2O4S. The fraction of sp³-hybridized carbons (Fsp3) is 0.167. The van der Waals surface area contributed by atoms with Crippen LogP contribution in [-0.2, 0) is 16.1 Å². The fourth-order valence-corrected chi connectivity index (χ4v) is 7.70. The second-order valence-corrected chi connectivity index (χ2v) is 12.3. The third-order valence-electron chi connectivity index (χ3n) is 6.36. The van der Waals surface area contributed by atoms with Crippen LogP contribution in [0.4, 0.5) is 4.39 Å². The lowest BCUT2D eigenvalue weighted by molar-refractivity contribution is -0.136. The largest absolute Gasteiger partial charge is 0.487 e. The maximum atomic E-state index is 13.8. The minimum atomic E-state index is -0.638. The van der Waals surface area contributed by atoms with Gasteiger partial charge >= 0.3 is 5.97 Å². The summed E-state index contributed by atoms with van der Waals surface area (Å²) >= 11 is 5.69. The number of fused-ring (bicyclic) bond motifs is 1. The normalized spacial score (nSPS) is 15.0. The minimum absolute atomic E-state index is 0.231. The fourth-order valence-electron chi connectivity index (χ4n) is 4.55. The van der Waals surface area contributed by atoms with Crippen LogP contribution in [0, 0.1) is 13.0 Å². The number of halogens is 3.